The van der Waals surface area contributed by atoms with Crippen LogP contribution in [0.4, 0.5) is 0 Å². The summed E-state index contributed by atoms with van der Waals surface area (Å²) in [6.07, 6.45) is 6.90. The molecule has 1 amide bonds. The summed E-state index contributed by atoms with van der Waals surface area (Å²) in [5, 5.41) is 6.89. The zero-order valence-corrected chi connectivity index (χ0v) is 16.5. The van der Waals surface area contributed by atoms with E-state index in [-0.39, 0.29) is 12.4 Å². The van der Waals surface area contributed by atoms with Gasteiger partial charge in [-0.05, 0) is 43.2 Å². The highest BCUT2D eigenvalue weighted by molar-refractivity contribution is 5.93. The van der Waals surface area contributed by atoms with Crippen molar-refractivity contribution in [1.29, 1.82) is 0 Å². The third kappa shape index (κ3) is 4.34. The molecule has 7 heteroatoms. The number of hydrogen-bond acceptors (Lipinski definition) is 5. The zero-order chi connectivity index (χ0) is 20.2. The molecule has 0 radical (unpaired) electrons. The van der Waals surface area contributed by atoms with Gasteiger partial charge >= 0.3 is 0 Å². The van der Waals surface area contributed by atoms with Crippen molar-refractivity contribution in [3.05, 3.63) is 53.2 Å². The molecule has 0 bridgehead atoms. The van der Waals surface area contributed by atoms with Crippen molar-refractivity contribution in [2.24, 2.45) is 0 Å². The maximum Gasteiger partial charge on any atom is 0.290 e. The maximum atomic E-state index is 12.9. The molecule has 7 nitrogen and oxygen atoms in total. The van der Waals surface area contributed by atoms with Crippen LogP contribution in [0.2, 0.25) is 0 Å². The highest BCUT2D eigenvalue weighted by atomic mass is 16.3. The predicted molar refractivity (Wildman–Crippen MR) is 107 cm³/mol. The van der Waals surface area contributed by atoms with Crippen molar-refractivity contribution < 1.29 is 19.1 Å². The lowest BCUT2D eigenvalue weighted by Gasteiger charge is -2.40. The van der Waals surface area contributed by atoms with E-state index < -0.39 is 0 Å². The Morgan fingerprint density at radius 1 is 1.10 bits per heavy atom. The first-order valence-electron chi connectivity index (χ1n) is 10.3. The SMILES string of the molecule is O=C(c1ncoc1C1CC1)N1CCC(N2CCc3ccccc3C2)CC1.O=CO. The van der Waals surface area contributed by atoms with Crippen molar-refractivity contribution in [2.45, 2.75) is 50.6 Å². The van der Waals surface area contributed by atoms with E-state index in [2.05, 4.69) is 34.1 Å². The van der Waals surface area contributed by atoms with Crippen molar-refractivity contribution >= 4 is 12.4 Å². The molecule has 1 aliphatic carbocycles. The molecule has 2 aromatic rings. The summed E-state index contributed by atoms with van der Waals surface area (Å²) < 4.78 is 5.48. The first-order valence-corrected chi connectivity index (χ1v) is 10.3. The standard InChI is InChI=1S/C21H25N3O2.CH2O2/c25-21(19-20(16-5-6-16)26-14-22-19)23-11-8-18(9-12-23)24-10-7-15-3-1-2-4-17(15)13-24;2-1-3/h1-4,14,16,18H,5-13H2;1H,(H,2,3). The van der Waals surface area contributed by atoms with E-state index in [1.165, 1.54) is 17.5 Å². The molecule has 1 saturated heterocycles. The molecule has 1 saturated carbocycles. The van der Waals surface area contributed by atoms with Crippen LogP contribution in [-0.2, 0) is 17.8 Å². The number of carbonyl (C=O) groups is 2. The average Bonchev–Trinajstić information content (AvgIpc) is 3.50. The van der Waals surface area contributed by atoms with Gasteiger partial charge in [0.15, 0.2) is 12.1 Å². The minimum atomic E-state index is -0.250. The van der Waals surface area contributed by atoms with Gasteiger partial charge in [-0.25, -0.2) is 4.98 Å². The monoisotopic (exact) mass is 397 g/mol. The van der Waals surface area contributed by atoms with Crippen molar-refractivity contribution in [3.63, 3.8) is 0 Å². The van der Waals surface area contributed by atoms with E-state index in [1.54, 1.807) is 0 Å². The predicted octanol–water partition coefficient (Wildman–Crippen LogP) is 2.92. The summed E-state index contributed by atoms with van der Waals surface area (Å²) in [4.78, 5) is 30.0. The van der Waals surface area contributed by atoms with E-state index in [0.29, 0.717) is 17.7 Å². The fourth-order valence-electron chi connectivity index (χ4n) is 4.46. The van der Waals surface area contributed by atoms with E-state index >= 15 is 0 Å². The van der Waals surface area contributed by atoms with Gasteiger partial charge in [0.2, 0.25) is 0 Å². The number of carbonyl (C=O) groups excluding carboxylic acids is 1. The molecule has 1 aromatic heterocycles. The van der Waals surface area contributed by atoms with Gasteiger partial charge in [0.1, 0.15) is 5.76 Å². The number of oxazole rings is 1. The van der Waals surface area contributed by atoms with Crippen LogP contribution in [0.5, 0.6) is 0 Å². The average molecular weight is 397 g/mol. The Morgan fingerprint density at radius 2 is 1.79 bits per heavy atom. The van der Waals surface area contributed by atoms with E-state index in [4.69, 9.17) is 14.3 Å². The first kappa shape index (κ1) is 19.6. The smallest absolute Gasteiger partial charge is 0.290 e. The Kier molecular flexibility index (Phi) is 5.94. The molecule has 1 N–H and O–H groups in total. The second kappa shape index (κ2) is 8.78. The molecule has 2 fully saturated rings. The molecular weight excluding hydrogens is 370 g/mol. The number of fused-ring (bicyclic) bond motifs is 1. The van der Waals surface area contributed by atoms with Crippen molar-refractivity contribution in [2.75, 3.05) is 19.6 Å². The molecule has 0 unspecified atom stereocenters. The lowest BCUT2D eigenvalue weighted by atomic mass is 9.95. The number of amides is 1. The minimum Gasteiger partial charge on any atom is -0.483 e. The lowest BCUT2D eigenvalue weighted by molar-refractivity contribution is -0.122. The van der Waals surface area contributed by atoms with Gasteiger partial charge in [-0.3, -0.25) is 14.5 Å². The van der Waals surface area contributed by atoms with Crippen LogP contribution in [0.1, 0.15) is 59.0 Å². The maximum absolute atomic E-state index is 12.9. The Hall–Kier alpha value is -2.67. The van der Waals surface area contributed by atoms with E-state index in [9.17, 15) is 4.79 Å². The van der Waals surface area contributed by atoms with E-state index in [1.807, 2.05) is 4.90 Å². The van der Waals surface area contributed by atoms with Gasteiger partial charge in [-0.2, -0.15) is 0 Å². The molecule has 154 valence electrons. The molecule has 0 atom stereocenters. The Morgan fingerprint density at radius 3 is 2.48 bits per heavy atom. The topological polar surface area (TPSA) is 86.9 Å². The third-order valence-corrected chi connectivity index (χ3v) is 6.17. The minimum absolute atomic E-state index is 0.0584. The number of nitrogens with zero attached hydrogens (tertiary/aromatic N) is 3. The Balaban J connectivity index is 0.000000645. The van der Waals surface area contributed by atoms with Gasteiger partial charge in [0, 0.05) is 38.1 Å². The first-order chi connectivity index (χ1) is 14.2. The number of benzene rings is 1. The molecule has 29 heavy (non-hydrogen) atoms. The molecule has 5 rings (SSSR count). The zero-order valence-electron chi connectivity index (χ0n) is 16.5. The van der Waals surface area contributed by atoms with Crippen LogP contribution in [-0.4, -0.2) is 57.9 Å². The van der Waals surface area contributed by atoms with Crippen LogP contribution in [0.15, 0.2) is 35.1 Å². The number of piperidine rings is 1. The highest BCUT2D eigenvalue weighted by Crippen LogP contribution is 2.41. The summed E-state index contributed by atoms with van der Waals surface area (Å²) in [6, 6.07) is 9.36. The van der Waals surface area contributed by atoms with Gasteiger partial charge in [-0.15, -0.1) is 0 Å². The van der Waals surface area contributed by atoms with Crippen LogP contribution >= 0.6 is 0 Å². The molecule has 3 heterocycles. The summed E-state index contributed by atoms with van der Waals surface area (Å²) in [7, 11) is 0. The summed E-state index contributed by atoms with van der Waals surface area (Å²) in [5.41, 5.74) is 3.52. The highest BCUT2D eigenvalue weighted by Gasteiger charge is 2.35. The number of carboxylic acid groups (broad SMARTS) is 1. The molecule has 3 aliphatic rings. The van der Waals surface area contributed by atoms with Gasteiger partial charge in [0.25, 0.3) is 12.4 Å². The fourth-order valence-corrected chi connectivity index (χ4v) is 4.46. The molecule has 0 spiro atoms. The molecule has 2 aliphatic heterocycles. The molecular formula is C22H27N3O4. The third-order valence-electron chi connectivity index (χ3n) is 6.17. The largest absolute Gasteiger partial charge is 0.483 e. The molecule has 1 aromatic carbocycles. The lowest BCUT2D eigenvalue weighted by Crippen LogP contribution is -2.48. The van der Waals surface area contributed by atoms with Crippen LogP contribution in [0.25, 0.3) is 0 Å². The summed E-state index contributed by atoms with van der Waals surface area (Å²) in [6.45, 7) is 3.56. The summed E-state index contributed by atoms with van der Waals surface area (Å²) >= 11 is 0. The van der Waals surface area contributed by atoms with Crippen molar-refractivity contribution in [1.82, 2.24) is 14.8 Å². The Labute approximate surface area is 170 Å². The normalized spacial score (nSPS) is 19.8. The number of aromatic nitrogens is 1. The Bertz CT molecular complexity index is 853. The van der Waals surface area contributed by atoms with E-state index in [0.717, 1.165) is 64.0 Å². The van der Waals surface area contributed by atoms with Crippen LogP contribution in [0.3, 0.4) is 0 Å². The van der Waals surface area contributed by atoms with Gasteiger partial charge < -0.3 is 14.4 Å². The fraction of sp³-hybridized carbons (Fsp3) is 0.500. The van der Waals surface area contributed by atoms with Crippen LogP contribution < -0.4 is 0 Å². The number of hydrogen-bond donors (Lipinski definition) is 1. The second-order valence-corrected chi connectivity index (χ2v) is 7.96. The number of likely N-dealkylation sites (tertiary alicyclic amines) is 1. The van der Waals surface area contributed by atoms with Gasteiger partial charge in [-0.1, -0.05) is 24.3 Å². The van der Waals surface area contributed by atoms with Gasteiger partial charge in [0.05, 0.1) is 0 Å². The quantitative estimate of drug-likeness (QED) is 0.802. The van der Waals surface area contributed by atoms with Crippen molar-refractivity contribution in [3.8, 4) is 0 Å². The van der Waals surface area contributed by atoms with Crippen LogP contribution in [0, 0.1) is 0 Å². The summed E-state index contributed by atoms with van der Waals surface area (Å²) in [5.74, 6) is 1.29. The number of rotatable bonds is 3. The second-order valence-electron chi connectivity index (χ2n) is 7.96.